The number of carbonyl (C=O) groups is 2. The molecule has 1 aromatic heterocycles. The van der Waals surface area contributed by atoms with Crippen LogP contribution in [0.25, 0.3) is 0 Å². The van der Waals surface area contributed by atoms with Gasteiger partial charge >= 0.3 is 0 Å². The molecule has 1 aliphatic heterocycles. The molecule has 0 spiro atoms. The van der Waals surface area contributed by atoms with Crippen LogP contribution in [0.2, 0.25) is 0 Å². The quantitative estimate of drug-likeness (QED) is 0.551. The summed E-state index contributed by atoms with van der Waals surface area (Å²) in [5.74, 6) is 0.595. The van der Waals surface area contributed by atoms with E-state index in [1.54, 1.807) is 12.1 Å². The molecular formula is C20H23FN2O3S2. The summed E-state index contributed by atoms with van der Waals surface area (Å²) in [6, 6.07) is 8.72. The highest BCUT2D eigenvalue weighted by Crippen LogP contribution is 2.40. The van der Waals surface area contributed by atoms with Gasteiger partial charge in [0.2, 0.25) is 0 Å². The van der Waals surface area contributed by atoms with Crippen molar-refractivity contribution in [1.29, 1.82) is 0 Å². The van der Waals surface area contributed by atoms with Crippen molar-refractivity contribution in [2.24, 2.45) is 10.7 Å². The average molecular weight is 423 g/mol. The lowest BCUT2D eigenvalue weighted by Gasteiger charge is -2.33. The lowest BCUT2D eigenvalue weighted by molar-refractivity contribution is -0.122. The highest BCUT2D eigenvalue weighted by Gasteiger charge is 2.35. The van der Waals surface area contributed by atoms with Crippen LogP contribution in [0, 0.1) is 12.7 Å². The predicted octanol–water partition coefficient (Wildman–Crippen LogP) is 4.38. The molecule has 0 bridgehead atoms. The van der Waals surface area contributed by atoms with E-state index in [2.05, 4.69) is 4.99 Å². The van der Waals surface area contributed by atoms with Crippen LogP contribution in [-0.4, -0.2) is 28.3 Å². The van der Waals surface area contributed by atoms with Gasteiger partial charge in [-0.25, -0.2) is 4.39 Å². The number of aryl methyl sites for hydroxylation is 1. The summed E-state index contributed by atoms with van der Waals surface area (Å²) < 4.78 is 14.6. The van der Waals surface area contributed by atoms with Crippen LogP contribution in [-0.2, 0) is 16.8 Å². The average Bonchev–Trinajstić information content (AvgIpc) is 3.10. The second-order valence-corrected chi connectivity index (χ2v) is 8.77. The maximum absolute atomic E-state index is 14.6. The van der Waals surface area contributed by atoms with Crippen LogP contribution in [0.5, 0.6) is 0 Å². The Morgan fingerprint density at radius 1 is 1.39 bits per heavy atom. The number of thioether (sulfide) groups is 1. The first kappa shape index (κ1) is 22.1. The van der Waals surface area contributed by atoms with Crippen molar-refractivity contribution in [1.82, 2.24) is 0 Å². The van der Waals surface area contributed by atoms with Crippen molar-refractivity contribution in [3.63, 3.8) is 0 Å². The first-order chi connectivity index (χ1) is 13.3. The van der Waals surface area contributed by atoms with Crippen molar-refractivity contribution < 1.29 is 19.1 Å². The fourth-order valence-corrected chi connectivity index (χ4v) is 4.85. The minimum absolute atomic E-state index is 0.0587. The molecule has 150 valence electrons. The Kier molecular flexibility index (Phi) is 7.77. The Balaban J connectivity index is 0.000000878. The number of aliphatic imine (C=N–C) groups is 1. The number of ketones is 1. The number of thiophene rings is 1. The minimum Gasteiger partial charge on any atom is -0.483 e. The number of Topliss-reactive ketones (excluding diaryl/α,β-unsaturated/α-hetero) is 1. The highest BCUT2D eigenvalue weighted by atomic mass is 32.2. The van der Waals surface area contributed by atoms with E-state index in [4.69, 9.17) is 15.6 Å². The Bertz CT molecular complexity index is 882. The van der Waals surface area contributed by atoms with Gasteiger partial charge in [0.1, 0.15) is 5.82 Å². The molecular weight excluding hydrogens is 399 g/mol. The van der Waals surface area contributed by atoms with Crippen molar-refractivity contribution in [2.75, 3.05) is 5.75 Å². The second kappa shape index (κ2) is 9.84. The molecule has 1 aliphatic rings. The molecule has 2 aromatic rings. The van der Waals surface area contributed by atoms with E-state index in [0.29, 0.717) is 17.2 Å². The molecule has 28 heavy (non-hydrogen) atoms. The number of halogens is 1. The number of nitrogens with two attached hydrogens (primary N) is 1. The lowest BCUT2D eigenvalue weighted by Crippen LogP contribution is -2.32. The Hall–Kier alpha value is -2.19. The molecule has 0 amide bonds. The third-order valence-corrected chi connectivity index (χ3v) is 6.42. The summed E-state index contributed by atoms with van der Waals surface area (Å²) >= 11 is 2.99. The number of hydrogen-bond donors (Lipinski definition) is 2. The molecule has 1 atom stereocenters. The molecule has 2 heterocycles. The summed E-state index contributed by atoms with van der Waals surface area (Å²) in [4.78, 5) is 27.3. The number of benzene rings is 1. The topological polar surface area (TPSA) is 92.8 Å². The first-order valence-corrected chi connectivity index (χ1v) is 10.6. The summed E-state index contributed by atoms with van der Waals surface area (Å²) in [7, 11) is 0. The molecule has 0 unspecified atom stereocenters. The van der Waals surface area contributed by atoms with Gasteiger partial charge in [0.05, 0.1) is 10.4 Å². The van der Waals surface area contributed by atoms with Crippen molar-refractivity contribution in [3.05, 3.63) is 57.0 Å². The molecule has 0 aliphatic carbocycles. The van der Waals surface area contributed by atoms with Crippen LogP contribution in [0.1, 0.15) is 45.4 Å². The van der Waals surface area contributed by atoms with Crippen molar-refractivity contribution >= 4 is 40.5 Å². The third kappa shape index (κ3) is 5.20. The van der Waals surface area contributed by atoms with Gasteiger partial charge in [-0.2, -0.15) is 0 Å². The van der Waals surface area contributed by atoms with E-state index < -0.39 is 5.54 Å². The summed E-state index contributed by atoms with van der Waals surface area (Å²) in [6.45, 7) is 3.73. The van der Waals surface area contributed by atoms with Gasteiger partial charge in [0.15, 0.2) is 11.0 Å². The van der Waals surface area contributed by atoms with Crippen LogP contribution in [0.15, 0.2) is 35.3 Å². The lowest BCUT2D eigenvalue weighted by atomic mass is 9.83. The summed E-state index contributed by atoms with van der Waals surface area (Å²) in [6.07, 6.45) is 1.68. The van der Waals surface area contributed by atoms with Crippen LogP contribution >= 0.6 is 23.1 Å². The smallest absolute Gasteiger partial charge is 0.290 e. The molecule has 0 saturated carbocycles. The number of rotatable bonds is 5. The van der Waals surface area contributed by atoms with Gasteiger partial charge in [-0.05, 0) is 49.6 Å². The molecule has 3 rings (SSSR count). The molecule has 3 N–H and O–H groups in total. The number of carbonyl (C=O) groups excluding carboxylic acids is 1. The normalized spacial score (nSPS) is 18.6. The SMILES string of the molecule is CC[C@@]1(c2cc(CC(=O)c3ccc(C)s3)ccc2F)CCSC(N)=N1.O=CO. The Morgan fingerprint density at radius 2 is 2.11 bits per heavy atom. The zero-order valence-electron chi connectivity index (χ0n) is 15.8. The Labute approximate surface area is 171 Å². The molecule has 0 saturated heterocycles. The zero-order chi connectivity index (χ0) is 20.7. The van der Waals surface area contributed by atoms with Crippen LogP contribution in [0.3, 0.4) is 0 Å². The van der Waals surface area contributed by atoms with E-state index in [0.717, 1.165) is 27.5 Å². The van der Waals surface area contributed by atoms with Crippen molar-refractivity contribution in [2.45, 2.75) is 38.6 Å². The van der Waals surface area contributed by atoms with Crippen LogP contribution < -0.4 is 5.73 Å². The van der Waals surface area contributed by atoms with Gasteiger partial charge in [-0.15, -0.1) is 11.3 Å². The number of nitrogens with zero attached hydrogens (tertiary/aromatic N) is 1. The maximum Gasteiger partial charge on any atom is 0.290 e. The molecule has 0 radical (unpaired) electrons. The van der Waals surface area contributed by atoms with Crippen LogP contribution in [0.4, 0.5) is 4.39 Å². The molecule has 8 heteroatoms. The van der Waals surface area contributed by atoms with E-state index in [-0.39, 0.29) is 24.5 Å². The number of amidine groups is 1. The monoisotopic (exact) mass is 422 g/mol. The first-order valence-electron chi connectivity index (χ1n) is 8.79. The second-order valence-electron chi connectivity index (χ2n) is 6.36. The molecule has 5 nitrogen and oxygen atoms in total. The molecule has 1 aromatic carbocycles. The van der Waals surface area contributed by atoms with E-state index in [9.17, 15) is 9.18 Å². The highest BCUT2D eigenvalue weighted by molar-refractivity contribution is 8.13. The van der Waals surface area contributed by atoms with Gasteiger partial charge in [-0.1, -0.05) is 24.8 Å². The molecule has 0 fully saturated rings. The third-order valence-electron chi connectivity index (χ3n) is 4.59. The standard InChI is InChI=1S/C19H21FN2OS2.CH2O2/c1-3-19(8-9-24-18(21)22-19)14-10-13(5-6-15(14)20)11-16(23)17-7-4-12(2)25-17;2-1-3/h4-7,10H,3,8-9,11H2,1-2H3,(H2,21,22);1H,(H,2,3)/t19-;/m0./s1. The fourth-order valence-electron chi connectivity index (χ4n) is 3.16. The number of hydrogen-bond acceptors (Lipinski definition) is 6. The Morgan fingerprint density at radius 3 is 2.68 bits per heavy atom. The van der Waals surface area contributed by atoms with Crippen molar-refractivity contribution in [3.8, 4) is 0 Å². The largest absolute Gasteiger partial charge is 0.483 e. The maximum atomic E-state index is 14.6. The predicted molar refractivity (Wildman–Crippen MR) is 113 cm³/mol. The van der Waals surface area contributed by atoms with E-state index in [1.807, 2.05) is 26.0 Å². The summed E-state index contributed by atoms with van der Waals surface area (Å²) in [5, 5.41) is 7.39. The zero-order valence-corrected chi connectivity index (χ0v) is 17.4. The van der Waals surface area contributed by atoms with E-state index in [1.165, 1.54) is 29.2 Å². The van der Waals surface area contributed by atoms with Gasteiger partial charge in [-0.3, -0.25) is 14.6 Å². The van der Waals surface area contributed by atoms with Gasteiger partial charge in [0.25, 0.3) is 6.47 Å². The van der Waals surface area contributed by atoms with E-state index >= 15 is 0 Å². The minimum atomic E-state index is -0.627. The summed E-state index contributed by atoms with van der Waals surface area (Å²) in [5.41, 5.74) is 6.64. The fraction of sp³-hybridized carbons (Fsp3) is 0.350. The number of carboxylic acid groups (broad SMARTS) is 1. The van der Waals surface area contributed by atoms with Gasteiger partial charge in [0, 0.05) is 22.6 Å². The van der Waals surface area contributed by atoms with Gasteiger partial charge < -0.3 is 10.8 Å².